The molecule has 1 fully saturated rings. The third kappa shape index (κ3) is 3.82. The highest BCUT2D eigenvalue weighted by molar-refractivity contribution is 6.47. The molecule has 2 aliphatic rings. The molecule has 2 heterocycles. The maximum atomic E-state index is 13.7. The zero-order chi connectivity index (χ0) is 19.1. The summed E-state index contributed by atoms with van der Waals surface area (Å²) in [5.74, 6) is -0.946. The number of nitrogens with zero attached hydrogens (tertiary/aromatic N) is 2. The number of nitrogens with one attached hydrogen (secondary N) is 1. The lowest BCUT2D eigenvalue weighted by Crippen LogP contribution is -2.53. The molecule has 0 atom stereocenters. The normalized spacial score (nSPS) is 19.3. The van der Waals surface area contributed by atoms with Gasteiger partial charge in [0, 0.05) is 31.5 Å². The minimum absolute atomic E-state index is 0.00635. The topological polar surface area (TPSA) is 71.0 Å². The van der Waals surface area contributed by atoms with E-state index >= 15 is 0 Å². The molecule has 1 N–H and O–H groups in total. The molecule has 1 aromatic rings. The first-order chi connectivity index (χ1) is 12.1. The third-order valence-electron chi connectivity index (χ3n) is 4.32. The fourth-order valence-electron chi connectivity index (χ4n) is 3.02. The van der Waals surface area contributed by atoms with Crippen LogP contribution in [0.3, 0.4) is 0 Å². The number of rotatable bonds is 1. The summed E-state index contributed by atoms with van der Waals surface area (Å²) in [5.41, 5.74) is -0.749. The minimum atomic E-state index is -0.763. The van der Waals surface area contributed by atoms with E-state index in [9.17, 15) is 14.0 Å². The van der Waals surface area contributed by atoms with Gasteiger partial charge < -0.3 is 15.0 Å². The Morgan fingerprint density at radius 1 is 1.35 bits per heavy atom. The molecular weight excluding hydrogens is 361 g/mol. The summed E-state index contributed by atoms with van der Waals surface area (Å²) in [6.07, 6.45) is 0.565. The van der Waals surface area contributed by atoms with E-state index in [1.54, 1.807) is 11.0 Å². The number of likely N-dealkylation sites (tertiary alicyclic amines) is 1. The Morgan fingerprint density at radius 3 is 2.58 bits per heavy atom. The van der Waals surface area contributed by atoms with E-state index in [1.807, 2.05) is 20.8 Å². The molecule has 8 heteroatoms. The van der Waals surface area contributed by atoms with Gasteiger partial charge in [0.1, 0.15) is 22.8 Å². The first kappa shape index (κ1) is 18.6. The van der Waals surface area contributed by atoms with E-state index in [4.69, 9.17) is 16.3 Å². The predicted molar refractivity (Wildman–Crippen MR) is 95.9 cm³/mol. The molecule has 0 bridgehead atoms. The van der Waals surface area contributed by atoms with Crippen molar-refractivity contribution in [3.63, 3.8) is 0 Å². The molecule has 0 radical (unpaired) electrons. The van der Waals surface area contributed by atoms with Crippen molar-refractivity contribution >= 4 is 29.3 Å². The lowest BCUT2D eigenvalue weighted by atomic mass is 9.98. The van der Waals surface area contributed by atoms with Crippen molar-refractivity contribution < 1.29 is 18.7 Å². The van der Waals surface area contributed by atoms with Crippen molar-refractivity contribution in [1.29, 1.82) is 0 Å². The van der Waals surface area contributed by atoms with Crippen LogP contribution in [0.15, 0.2) is 23.2 Å². The number of halogens is 2. The third-order valence-corrected chi connectivity index (χ3v) is 4.63. The van der Waals surface area contributed by atoms with E-state index in [-0.39, 0.29) is 22.7 Å². The summed E-state index contributed by atoms with van der Waals surface area (Å²) in [7, 11) is 0. The van der Waals surface area contributed by atoms with E-state index in [1.165, 1.54) is 12.1 Å². The highest BCUT2D eigenvalue weighted by Gasteiger charge is 2.43. The zero-order valence-electron chi connectivity index (χ0n) is 14.9. The van der Waals surface area contributed by atoms with Crippen molar-refractivity contribution in [1.82, 2.24) is 10.2 Å². The largest absolute Gasteiger partial charge is 0.444 e. The standard InChI is InChI=1S/C18H21ClFN3O3/c1-17(2,3)26-16(25)23-8-6-18(7-9-23)21-14(15(24)22-18)11-4-5-12(19)13(20)10-11/h4-5,10H,6-9H2,1-3H3,(H,22,24). The number of aliphatic imine (C=N–C) groups is 1. The van der Waals surface area contributed by atoms with E-state index in [0.717, 1.165) is 0 Å². The van der Waals surface area contributed by atoms with Crippen LogP contribution in [-0.4, -0.2) is 47.0 Å². The molecule has 1 saturated heterocycles. The number of hydrogen-bond donors (Lipinski definition) is 1. The van der Waals surface area contributed by atoms with Crippen molar-refractivity contribution in [2.24, 2.45) is 4.99 Å². The van der Waals surface area contributed by atoms with Crippen LogP contribution >= 0.6 is 11.6 Å². The van der Waals surface area contributed by atoms with Crippen molar-refractivity contribution in [2.45, 2.75) is 44.9 Å². The fourth-order valence-corrected chi connectivity index (χ4v) is 3.14. The molecule has 3 rings (SSSR count). The average molecular weight is 382 g/mol. The second kappa shape index (κ2) is 6.54. The van der Waals surface area contributed by atoms with E-state index in [0.29, 0.717) is 31.5 Å². The average Bonchev–Trinajstić information content (AvgIpc) is 2.85. The number of amides is 2. The van der Waals surface area contributed by atoms with Gasteiger partial charge >= 0.3 is 6.09 Å². The second-order valence-corrected chi connectivity index (χ2v) is 7.95. The van der Waals surface area contributed by atoms with Crippen molar-refractivity contribution in [3.8, 4) is 0 Å². The first-order valence-electron chi connectivity index (χ1n) is 8.44. The maximum absolute atomic E-state index is 13.7. The van der Waals surface area contributed by atoms with E-state index in [2.05, 4.69) is 10.3 Å². The SMILES string of the molecule is CC(C)(C)OC(=O)N1CCC2(CC1)N=C(c1ccc(Cl)c(F)c1)C(=O)N2. The van der Waals surface area contributed by atoms with Gasteiger partial charge in [-0.05, 0) is 32.9 Å². The summed E-state index contributed by atoms with van der Waals surface area (Å²) in [6, 6.07) is 4.17. The number of benzene rings is 1. The highest BCUT2D eigenvalue weighted by Crippen LogP contribution is 2.30. The molecule has 140 valence electrons. The fraction of sp³-hybridized carbons (Fsp3) is 0.500. The highest BCUT2D eigenvalue weighted by atomic mass is 35.5. The number of carbonyl (C=O) groups is 2. The smallest absolute Gasteiger partial charge is 0.410 e. The molecule has 2 amide bonds. The molecule has 0 unspecified atom stereocenters. The van der Waals surface area contributed by atoms with Crippen LogP contribution in [-0.2, 0) is 9.53 Å². The van der Waals surface area contributed by atoms with Crippen LogP contribution in [0, 0.1) is 5.82 Å². The summed E-state index contributed by atoms with van der Waals surface area (Å²) in [5, 5.41) is 2.88. The van der Waals surface area contributed by atoms with Crippen molar-refractivity contribution in [3.05, 3.63) is 34.6 Å². The Labute approximate surface area is 156 Å². The molecule has 2 aliphatic heterocycles. The summed E-state index contributed by atoms with van der Waals surface area (Å²) in [6.45, 7) is 6.28. The van der Waals surface area contributed by atoms with Crippen LogP contribution in [0.1, 0.15) is 39.2 Å². The molecule has 0 saturated carbocycles. The molecule has 1 spiro atoms. The Hall–Kier alpha value is -2.15. The van der Waals surface area contributed by atoms with Gasteiger partial charge in [-0.3, -0.25) is 9.79 Å². The summed E-state index contributed by atoms with van der Waals surface area (Å²) < 4.78 is 19.1. The van der Waals surface area contributed by atoms with Crippen LogP contribution in [0.25, 0.3) is 0 Å². The van der Waals surface area contributed by atoms with Crippen molar-refractivity contribution in [2.75, 3.05) is 13.1 Å². The van der Waals surface area contributed by atoms with Gasteiger partial charge in [-0.25, -0.2) is 9.18 Å². The lowest BCUT2D eigenvalue weighted by molar-refractivity contribution is -0.115. The Morgan fingerprint density at radius 2 is 2.00 bits per heavy atom. The molecule has 0 aliphatic carbocycles. The first-order valence-corrected chi connectivity index (χ1v) is 8.82. The van der Waals surface area contributed by atoms with Gasteiger partial charge in [0.2, 0.25) is 0 Å². The number of hydrogen-bond acceptors (Lipinski definition) is 4. The number of ether oxygens (including phenoxy) is 1. The van der Waals surface area contributed by atoms with Gasteiger partial charge in [-0.15, -0.1) is 0 Å². The predicted octanol–water partition coefficient (Wildman–Crippen LogP) is 3.13. The maximum Gasteiger partial charge on any atom is 0.410 e. The summed E-state index contributed by atoms with van der Waals surface area (Å²) in [4.78, 5) is 30.7. The quantitative estimate of drug-likeness (QED) is 0.812. The Bertz CT molecular complexity index is 780. The van der Waals surface area contributed by atoms with Crippen LogP contribution < -0.4 is 5.32 Å². The molecular formula is C18H21ClFN3O3. The van der Waals surface area contributed by atoms with Gasteiger partial charge in [-0.1, -0.05) is 17.7 Å². The second-order valence-electron chi connectivity index (χ2n) is 7.54. The van der Waals surface area contributed by atoms with Crippen LogP contribution in [0.2, 0.25) is 5.02 Å². The van der Waals surface area contributed by atoms with Gasteiger partial charge in [0.15, 0.2) is 0 Å². The monoisotopic (exact) mass is 381 g/mol. The minimum Gasteiger partial charge on any atom is -0.444 e. The summed E-state index contributed by atoms with van der Waals surface area (Å²) >= 11 is 5.69. The Balaban J connectivity index is 1.73. The lowest BCUT2D eigenvalue weighted by Gasteiger charge is -2.37. The van der Waals surface area contributed by atoms with Crippen LogP contribution in [0.4, 0.5) is 9.18 Å². The van der Waals surface area contributed by atoms with Crippen LogP contribution in [0.5, 0.6) is 0 Å². The molecule has 26 heavy (non-hydrogen) atoms. The van der Waals surface area contributed by atoms with Gasteiger partial charge in [-0.2, -0.15) is 0 Å². The number of carbonyl (C=O) groups excluding carboxylic acids is 2. The van der Waals surface area contributed by atoms with E-state index < -0.39 is 17.1 Å². The Kier molecular flexibility index (Phi) is 4.69. The molecule has 0 aromatic heterocycles. The molecule has 1 aromatic carbocycles. The molecule has 6 nitrogen and oxygen atoms in total. The zero-order valence-corrected chi connectivity index (χ0v) is 15.7. The number of piperidine rings is 1. The van der Waals surface area contributed by atoms with Gasteiger partial charge in [0.05, 0.1) is 5.02 Å². The van der Waals surface area contributed by atoms with Gasteiger partial charge in [0.25, 0.3) is 5.91 Å².